The molecule has 3 aromatic rings. The number of carboxylic acid groups (broad SMARTS) is 2. The van der Waals surface area contributed by atoms with Crippen molar-refractivity contribution in [2.45, 2.75) is 81.3 Å². The standard InChI is InChI=1S/C43H59N3O13S/c47-40(44-22-24-55-27-29-58-32-42(50)51)31-57-28-26-56-25-23-45-43(52)35-14-15-36(46-30-35)33-60(53,54)39-20-18-38(19-21-39)59-37-16-12-34(13-17-37)10-8-6-4-2-1-3-5-7-9-11-41(48)49/h12-21,30H,1-11,22-29,31-33H2,(H,44,47)(H,45,52)(H,48,49)(H,50,51). The Labute approximate surface area is 352 Å². The Hall–Kier alpha value is -4.94. The predicted molar refractivity (Wildman–Crippen MR) is 222 cm³/mol. The molecule has 3 rings (SSSR count). The summed E-state index contributed by atoms with van der Waals surface area (Å²) in [5, 5.41) is 22.5. The molecule has 0 saturated carbocycles. The summed E-state index contributed by atoms with van der Waals surface area (Å²) < 4.78 is 52.9. The second-order valence-electron chi connectivity index (χ2n) is 13.9. The van der Waals surface area contributed by atoms with Crippen molar-refractivity contribution in [2.24, 2.45) is 0 Å². The minimum Gasteiger partial charge on any atom is -0.481 e. The van der Waals surface area contributed by atoms with Crippen LogP contribution in [0.15, 0.2) is 71.8 Å². The zero-order valence-corrected chi connectivity index (χ0v) is 35.0. The molecule has 0 aliphatic rings. The van der Waals surface area contributed by atoms with Gasteiger partial charge in [0, 0.05) is 25.7 Å². The first-order valence-electron chi connectivity index (χ1n) is 20.4. The lowest BCUT2D eigenvalue weighted by atomic mass is 10.0. The van der Waals surface area contributed by atoms with Crippen LogP contribution in [0.25, 0.3) is 0 Å². The molecule has 17 heteroatoms. The van der Waals surface area contributed by atoms with Gasteiger partial charge in [-0.3, -0.25) is 19.4 Å². The minimum absolute atomic E-state index is 0.124. The fourth-order valence-corrected chi connectivity index (χ4v) is 7.03. The molecule has 0 aliphatic carbocycles. The SMILES string of the molecule is O=C(O)CCCCCCCCCCCc1ccc(Oc2ccc(S(=O)(=O)Cc3ccc(C(=O)NCCOCCOCC(=O)NCCOCCOCC(=O)O)cn3)cc2)cc1. The minimum atomic E-state index is -3.72. The average molecular weight is 858 g/mol. The summed E-state index contributed by atoms with van der Waals surface area (Å²) in [6.07, 6.45) is 12.5. The van der Waals surface area contributed by atoms with E-state index in [9.17, 15) is 27.6 Å². The molecule has 4 N–H and O–H groups in total. The van der Waals surface area contributed by atoms with Crippen LogP contribution < -0.4 is 15.4 Å². The Kier molecular flexibility index (Phi) is 24.1. The molecule has 2 amide bonds. The van der Waals surface area contributed by atoms with Crippen molar-refractivity contribution in [1.82, 2.24) is 15.6 Å². The van der Waals surface area contributed by atoms with Crippen molar-refractivity contribution < 1.29 is 61.5 Å². The number of carboxylic acids is 2. The molecule has 1 aromatic heterocycles. The molecule has 0 atom stereocenters. The van der Waals surface area contributed by atoms with Crippen LogP contribution in [-0.4, -0.2) is 113 Å². The number of aliphatic carboxylic acids is 2. The molecule has 0 spiro atoms. The van der Waals surface area contributed by atoms with E-state index < -0.39 is 27.7 Å². The number of carbonyl (C=O) groups is 4. The third-order valence-electron chi connectivity index (χ3n) is 8.93. The van der Waals surface area contributed by atoms with Crippen molar-refractivity contribution in [3.05, 3.63) is 83.7 Å². The summed E-state index contributed by atoms with van der Waals surface area (Å²) in [6, 6.07) is 17.2. The van der Waals surface area contributed by atoms with Crippen LogP contribution in [0.2, 0.25) is 0 Å². The zero-order valence-electron chi connectivity index (χ0n) is 34.1. The van der Waals surface area contributed by atoms with Gasteiger partial charge in [-0.25, -0.2) is 13.2 Å². The second-order valence-corrected chi connectivity index (χ2v) is 15.9. The van der Waals surface area contributed by atoms with Crippen LogP contribution in [0.4, 0.5) is 0 Å². The van der Waals surface area contributed by atoms with Crippen molar-refractivity contribution in [3.8, 4) is 11.5 Å². The molecule has 0 saturated heterocycles. The van der Waals surface area contributed by atoms with Gasteiger partial charge in [0.05, 0.1) is 61.5 Å². The molecule has 0 unspecified atom stereocenters. The highest BCUT2D eigenvalue weighted by Gasteiger charge is 2.17. The molecule has 60 heavy (non-hydrogen) atoms. The van der Waals surface area contributed by atoms with E-state index in [2.05, 4.69) is 15.6 Å². The molecular formula is C43H59N3O13S. The first kappa shape index (κ1) is 49.4. The van der Waals surface area contributed by atoms with E-state index in [1.165, 1.54) is 68.1 Å². The van der Waals surface area contributed by atoms with E-state index in [4.69, 9.17) is 33.9 Å². The number of benzene rings is 2. The molecule has 0 aliphatic heterocycles. The summed E-state index contributed by atoms with van der Waals surface area (Å²) in [4.78, 5) is 49.5. The smallest absolute Gasteiger partial charge is 0.329 e. The highest BCUT2D eigenvalue weighted by Crippen LogP contribution is 2.25. The number of sulfone groups is 1. The number of unbranched alkanes of at least 4 members (excludes halogenated alkanes) is 8. The molecule has 0 fully saturated rings. The lowest BCUT2D eigenvalue weighted by molar-refractivity contribution is -0.143. The summed E-state index contributed by atoms with van der Waals surface area (Å²) in [6.45, 7) is 1.13. The molecule has 1 heterocycles. The van der Waals surface area contributed by atoms with E-state index >= 15 is 0 Å². The fourth-order valence-electron chi connectivity index (χ4n) is 5.76. The highest BCUT2D eigenvalue weighted by atomic mass is 32.2. The molecule has 0 radical (unpaired) electrons. The normalized spacial score (nSPS) is 11.3. The number of hydrogen-bond donors (Lipinski definition) is 4. The van der Waals surface area contributed by atoms with Crippen molar-refractivity contribution in [1.29, 1.82) is 0 Å². The molecule has 330 valence electrons. The lowest BCUT2D eigenvalue weighted by Gasteiger charge is -2.09. The van der Waals surface area contributed by atoms with E-state index in [1.54, 1.807) is 12.1 Å². The van der Waals surface area contributed by atoms with Gasteiger partial charge in [-0.15, -0.1) is 0 Å². The number of rotatable bonds is 34. The quantitative estimate of drug-likeness (QED) is 0.0554. The summed E-state index contributed by atoms with van der Waals surface area (Å²) in [5.74, 6) is -1.66. The number of nitrogens with one attached hydrogen (secondary N) is 2. The predicted octanol–water partition coefficient (Wildman–Crippen LogP) is 5.37. The van der Waals surface area contributed by atoms with Crippen LogP contribution in [0.1, 0.15) is 85.8 Å². The summed E-state index contributed by atoms with van der Waals surface area (Å²) in [7, 11) is -3.72. The van der Waals surface area contributed by atoms with Crippen LogP contribution in [-0.2, 0) is 55.3 Å². The average Bonchev–Trinajstić information content (AvgIpc) is 3.22. The van der Waals surface area contributed by atoms with Crippen molar-refractivity contribution in [2.75, 3.05) is 65.9 Å². The topological polar surface area (TPSA) is 226 Å². The highest BCUT2D eigenvalue weighted by molar-refractivity contribution is 7.90. The molecular weight excluding hydrogens is 799 g/mol. The second kappa shape index (κ2) is 29.3. The number of ether oxygens (including phenoxy) is 5. The van der Waals surface area contributed by atoms with Gasteiger partial charge in [-0.2, -0.15) is 0 Å². The Morgan fingerprint density at radius 2 is 1.13 bits per heavy atom. The summed E-state index contributed by atoms with van der Waals surface area (Å²) >= 11 is 0. The van der Waals surface area contributed by atoms with Gasteiger partial charge in [-0.1, -0.05) is 57.1 Å². The number of aromatic nitrogens is 1. The fraction of sp³-hybridized carbons (Fsp3) is 0.512. The first-order chi connectivity index (χ1) is 29.0. The molecule has 2 aromatic carbocycles. The van der Waals surface area contributed by atoms with Gasteiger partial charge in [0.15, 0.2) is 9.84 Å². The number of amides is 2. The maximum Gasteiger partial charge on any atom is 0.329 e. The maximum absolute atomic E-state index is 13.1. The van der Waals surface area contributed by atoms with E-state index in [0.717, 1.165) is 32.1 Å². The van der Waals surface area contributed by atoms with E-state index in [0.29, 0.717) is 17.2 Å². The number of hydrogen-bond acceptors (Lipinski definition) is 12. The maximum atomic E-state index is 13.1. The van der Waals surface area contributed by atoms with E-state index in [-0.39, 0.29) is 94.5 Å². The summed E-state index contributed by atoms with van der Waals surface area (Å²) in [5.41, 5.74) is 1.79. The van der Waals surface area contributed by atoms with Crippen LogP contribution >= 0.6 is 0 Å². The van der Waals surface area contributed by atoms with E-state index in [1.807, 2.05) is 24.3 Å². The number of aryl methyl sites for hydroxylation is 1. The van der Waals surface area contributed by atoms with Crippen LogP contribution in [0.3, 0.4) is 0 Å². The third kappa shape index (κ3) is 22.4. The van der Waals surface area contributed by atoms with Gasteiger partial charge in [0.25, 0.3) is 5.91 Å². The Balaban J connectivity index is 1.24. The van der Waals surface area contributed by atoms with Crippen molar-refractivity contribution >= 4 is 33.6 Å². The number of carbonyl (C=O) groups excluding carboxylic acids is 2. The first-order valence-corrected chi connectivity index (χ1v) is 22.0. The Bertz CT molecular complexity index is 1810. The monoisotopic (exact) mass is 857 g/mol. The van der Waals surface area contributed by atoms with Crippen LogP contribution in [0, 0.1) is 0 Å². The molecule has 0 bridgehead atoms. The van der Waals surface area contributed by atoms with Gasteiger partial charge in [0.1, 0.15) is 24.7 Å². The number of nitrogens with zero attached hydrogens (tertiary/aromatic N) is 1. The van der Waals surface area contributed by atoms with Crippen molar-refractivity contribution in [3.63, 3.8) is 0 Å². The van der Waals surface area contributed by atoms with Gasteiger partial charge in [-0.05, 0) is 73.4 Å². The van der Waals surface area contributed by atoms with Gasteiger partial charge < -0.3 is 44.5 Å². The van der Waals surface area contributed by atoms with Gasteiger partial charge >= 0.3 is 11.9 Å². The Morgan fingerprint density at radius 3 is 1.72 bits per heavy atom. The lowest BCUT2D eigenvalue weighted by Crippen LogP contribution is -2.31. The van der Waals surface area contributed by atoms with Crippen LogP contribution in [0.5, 0.6) is 11.5 Å². The third-order valence-corrected chi connectivity index (χ3v) is 10.6. The Morgan fingerprint density at radius 1 is 0.583 bits per heavy atom. The molecule has 16 nitrogen and oxygen atoms in total. The zero-order chi connectivity index (χ0) is 43.3. The number of pyridine rings is 1. The largest absolute Gasteiger partial charge is 0.481 e. The van der Waals surface area contributed by atoms with Gasteiger partial charge in [0.2, 0.25) is 5.91 Å².